The van der Waals surface area contributed by atoms with E-state index in [1.54, 1.807) is 6.20 Å². The van der Waals surface area contributed by atoms with Gasteiger partial charge in [0.15, 0.2) is 0 Å². The Kier molecular flexibility index (Phi) is 4.79. The van der Waals surface area contributed by atoms with E-state index in [-0.39, 0.29) is 11.8 Å². The Hall–Kier alpha value is -2.94. The van der Waals surface area contributed by atoms with Crippen molar-refractivity contribution >= 4 is 5.91 Å². The number of carbonyl (C=O) groups excluding carboxylic acids is 1. The average Bonchev–Trinajstić information content (AvgIpc) is 2.63. The number of hydrogen-bond acceptors (Lipinski definition) is 2. The molecule has 1 N–H and O–H groups in total. The van der Waals surface area contributed by atoms with E-state index >= 15 is 0 Å². The lowest BCUT2D eigenvalue weighted by Gasteiger charge is -2.17. The molecule has 3 nitrogen and oxygen atoms in total. The first kappa shape index (κ1) is 15.0. The quantitative estimate of drug-likeness (QED) is 0.783. The average molecular weight is 302 g/mol. The minimum Gasteiger partial charge on any atom is -0.350 e. The topological polar surface area (TPSA) is 42.0 Å². The van der Waals surface area contributed by atoms with Crippen molar-refractivity contribution in [3.63, 3.8) is 0 Å². The summed E-state index contributed by atoms with van der Waals surface area (Å²) >= 11 is 0. The second-order valence-electron chi connectivity index (χ2n) is 5.29. The van der Waals surface area contributed by atoms with Crippen molar-refractivity contribution in [3.8, 4) is 0 Å². The zero-order chi connectivity index (χ0) is 15.9. The van der Waals surface area contributed by atoms with Gasteiger partial charge in [0.1, 0.15) is 0 Å². The lowest BCUT2D eigenvalue weighted by molar-refractivity contribution is -0.121. The van der Waals surface area contributed by atoms with Gasteiger partial charge in [-0.3, -0.25) is 9.78 Å². The fraction of sp³-hybridized carbons (Fsp3) is 0.100. The molecule has 3 rings (SSSR count). The maximum absolute atomic E-state index is 12.8. The molecule has 114 valence electrons. The van der Waals surface area contributed by atoms with E-state index in [2.05, 4.69) is 10.3 Å². The summed E-state index contributed by atoms with van der Waals surface area (Å²) in [5, 5.41) is 2.99. The number of benzene rings is 2. The second kappa shape index (κ2) is 7.36. The molecule has 0 aliphatic heterocycles. The zero-order valence-electron chi connectivity index (χ0n) is 12.7. The summed E-state index contributed by atoms with van der Waals surface area (Å²) in [7, 11) is 0. The largest absolute Gasteiger partial charge is 0.350 e. The first-order chi connectivity index (χ1) is 11.3. The SMILES string of the molecule is O=C(NCc1ccccn1)C(c1ccccc1)c1ccccc1. The van der Waals surface area contributed by atoms with Gasteiger partial charge in [0.25, 0.3) is 0 Å². The van der Waals surface area contributed by atoms with Crippen LogP contribution in [-0.2, 0) is 11.3 Å². The number of aromatic nitrogens is 1. The van der Waals surface area contributed by atoms with Crippen LogP contribution in [0, 0.1) is 0 Å². The van der Waals surface area contributed by atoms with E-state index in [1.807, 2.05) is 78.9 Å². The standard InChI is InChI=1S/C20H18N2O/c23-20(22-15-18-13-7-8-14-21-18)19(16-9-3-1-4-10-16)17-11-5-2-6-12-17/h1-14,19H,15H2,(H,22,23). The molecule has 3 heteroatoms. The fourth-order valence-corrected chi connectivity index (χ4v) is 2.57. The molecule has 0 atom stereocenters. The number of pyridine rings is 1. The van der Waals surface area contributed by atoms with Crippen LogP contribution in [0.3, 0.4) is 0 Å². The van der Waals surface area contributed by atoms with Crippen molar-refractivity contribution in [1.82, 2.24) is 10.3 Å². The Labute approximate surface area is 136 Å². The van der Waals surface area contributed by atoms with Crippen LogP contribution in [0.2, 0.25) is 0 Å². The van der Waals surface area contributed by atoms with Crippen LogP contribution >= 0.6 is 0 Å². The lowest BCUT2D eigenvalue weighted by atomic mass is 9.90. The van der Waals surface area contributed by atoms with Gasteiger partial charge in [0.05, 0.1) is 18.2 Å². The summed E-state index contributed by atoms with van der Waals surface area (Å²) in [5.41, 5.74) is 2.81. The van der Waals surface area contributed by atoms with Crippen LogP contribution < -0.4 is 5.32 Å². The molecule has 3 aromatic rings. The molecular weight excluding hydrogens is 284 g/mol. The van der Waals surface area contributed by atoms with Crippen LogP contribution in [-0.4, -0.2) is 10.9 Å². The monoisotopic (exact) mass is 302 g/mol. The summed E-state index contributed by atoms with van der Waals surface area (Å²) in [6.45, 7) is 0.426. The number of rotatable bonds is 5. The van der Waals surface area contributed by atoms with E-state index < -0.39 is 0 Å². The van der Waals surface area contributed by atoms with Crippen LogP contribution in [0.15, 0.2) is 85.1 Å². The smallest absolute Gasteiger partial charge is 0.232 e. The Balaban J connectivity index is 1.82. The Morgan fingerprint density at radius 1 is 0.826 bits per heavy atom. The Morgan fingerprint density at radius 2 is 1.39 bits per heavy atom. The highest BCUT2D eigenvalue weighted by atomic mass is 16.1. The highest BCUT2D eigenvalue weighted by Gasteiger charge is 2.22. The highest BCUT2D eigenvalue weighted by molar-refractivity contribution is 5.87. The predicted molar refractivity (Wildman–Crippen MR) is 90.8 cm³/mol. The normalized spacial score (nSPS) is 10.5. The number of carbonyl (C=O) groups is 1. The van der Waals surface area contributed by atoms with Crippen LogP contribution in [0.25, 0.3) is 0 Å². The minimum atomic E-state index is -0.318. The summed E-state index contributed by atoms with van der Waals surface area (Å²) in [6.07, 6.45) is 1.73. The molecule has 0 saturated carbocycles. The maximum Gasteiger partial charge on any atom is 0.232 e. The molecule has 23 heavy (non-hydrogen) atoms. The first-order valence-corrected chi connectivity index (χ1v) is 7.62. The van der Waals surface area contributed by atoms with Gasteiger partial charge in [-0.25, -0.2) is 0 Å². The molecule has 0 unspecified atom stereocenters. The van der Waals surface area contributed by atoms with Gasteiger partial charge >= 0.3 is 0 Å². The Morgan fingerprint density at radius 3 is 1.91 bits per heavy atom. The van der Waals surface area contributed by atoms with Crippen molar-refractivity contribution in [2.75, 3.05) is 0 Å². The number of nitrogens with one attached hydrogen (secondary N) is 1. The lowest BCUT2D eigenvalue weighted by Crippen LogP contribution is -2.29. The van der Waals surface area contributed by atoms with Gasteiger partial charge in [-0.1, -0.05) is 66.7 Å². The third-order valence-corrected chi connectivity index (χ3v) is 3.70. The summed E-state index contributed by atoms with van der Waals surface area (Å²) in [4.78, 5) is 17.0. The zero-order valence-corrected chi connectivity index (χ0v) is 12.7. The van der Waals surface area contributed by atoms with Crippen LogP contribution in [0.5, 0.6) is 0 Å². The van der Waals surface area contributed by atoms with Crippen molar-refractivity contribution in [1.29, 1.82) is 0 Å². The molecule has 0 saturated heterocycles. The number of hydrogen-bond donors (Lipinski definition) is 1. The summed E-state index contributed by atoms with van der Waals surface area (Å²) < 4.78 is 0. The van der Waals surface area contributed by atoms with E-state index in [4.69, 9.17) is 0 Å². The fourth-order valence-electron chi connectivity index (χ4n) is 2.57. The van der Waals surface area contributed by atoms with Crippen LogP contribution in [0.4, 0.5) is 0 Å². The van der Waals surface area contributed by atoms with Gasteiger partial charge in [0, 0.05) is 6.20 Å². The van der Waals surface area contributed by atoms with Gasteiger partial charge < -0.3 is 5.32 Å². The highest BCUT2D eigenvalue weighted by Crippen LogP contribution is 2.24. The third kappa shape index (κ3) is 3.83. The molecule has 0 spiro atoms. The minimum absolute atomic E-state index is 0.0203. The van der Waals surface area contributed by atoms with Crippen molar-refractivity contribution in [2.45, 2.75) is 12.5 Å². The Bertz CT molecular complexity index is 703. The van der Waals surface area contributed by atoms with Crippen molar-refractivity contribution < 1.29 is 4.79 Å². The summed E-state index contributed by atoms with van der Waals surface area (Å²) in [6, 6.07) is 25.4. The van der Waals surface area contributed by atoms with Gasteiger partial charge in [-0.05, 0) is 23.3 Å². The molecule has 0 bridgehead atoms. The predicted octanol–water partition coefficient (Wildman–Crippen LogP) is 3.53. The molecule has 1 aromatic heterocycles. The first-order valence-electron chi connectivity index (χ1n) is 7.62. The molecule has 1 heterocycles. The van der Waals surface area contributed by atoms with Gasteiger partial charge in [-0.15, -0.1) is 0 Å². The van der Waals surface area contributed by atoms with E-state index in [1.165, 1.54) is 0 Å². The molecule has 0 radical (unpaired) electrons. The molecule has 2 aromatic carbocycles. The summed E-state index contributed by atoms with van der Waals surface area (Å²) in [5.74, 6) is -0.339. The molecule has 0 fully saturated rings. The van der Waals surface area contributed by atoms with Gasteiger partial charge in [0.2, 0.25) is 5.91 Å². The second-order valence-corrected chi connectivity index (χ2v) is 5.29. The van der Waals surface area contributed by atoms with Crippen LogP contribution in [0.1, 0.15) is 22.7 Å². The van der Waals surface area contributed by atoms with E-state index in [0.29, 0.717) is 6.54 Å². The molecule has 0 aliphatic carbocycles. The van der Waals surface area contributed by atoms with Crippen molar-refractivity contribution in [2.24, 2.45) is 0 Å². The molecule has 0 aliphatic rings. The van der Waals surface area contributed by atoms with E-state index in [0.717, 1.165) is 16.8 Å². The van der Waals surface area contributed by atoms with Gasteiger partial charge in [-0.2, -0.15) is 0 Å². The number of nitrogens with zero attached hydrogens (tertiary/aromatic N) is 1. The molecule has 1 amide bonds. The third-order valence-electron chi connectivity index (χ3n) is 3.70. The number of amides is 1. The van der Waals surface area contributed by atoms with E-state index in [9.17, 15) is 4.79 Å². The maximum atomic E-state index is 12.8. The van der Waals surface area contributed by atoms with Crippen molar-refractivity contribution in [3.05, 3.63) is 102 Å². The molecular formula is C20H18N2O.